The Balaban J connectivity index is 1.30. The van der Waals surface area contributed by atoms with E-state index in [9.17, 15) is 22.0 Å². The van der Waals surface area contributed by atoms with Gasteiger partial charge < -0.3 is 10.1 Å². The Bertz CT molecular complexity index is 1190. The second-order valence-electron chi connectivity index (χ2n) is 8.79. The fourth-order valence-corrected chi connectivity index (χ4v) is 6.16. The first-order chi connectivity index (χ1) is 16.1. The van der Waals surface area contributed by atoms with E-state index in [1.165, 1.54) is 21.4 Å². The summed E-state index contributed by atoms with van der Waals surface area (Å²) < 4.78 is 61.4. The van der Waals surface area contributed by atoms with Crippen LogP contribution in [-0.4, -0.2) is 69.7 Å². The summed E-state index contributed by atoms with van der Waals surface area (Å²) >= 11 is 0. The number of carbonyl (C=O) groups is 1. The molecule has 4 heterocycles. The van der Waals surface area contributed by atoms with Gasteiger partial charge in [-0.2, -0.15) is 23.2 Å². The van der Waals surface area contributed by atoms with Crippen LogP contribution in [-0.2, 0) is 21.9 Å². The summed E-state index contributed by atoms with van der Waals surface area (Å²) in [5.74, 6) is -1.43. The molecule has 0 unspecified atom stereocenters. The predicted molar refractivity (Wildman–Crippen MR) is 116 cm³/mol. The maximum atomic E-state index is 14.2. The molecule has 1 aliphatic carbocycles. The summed E-state index contributed by atoms with van der Waals surface area (Å²) in [5.41, 5.74) is 0. The highest BCUT2D eigenvalue weighted by Crippen LogP contribution is 2.41. The van der Waals surface area contributed by atoms with Gasteiger partial charge in [0.05, 0.1) is 12.4 Å². The van der Waals surface area contributed by atoms with Crippen LogP contribution < -0.4 is 15.0 Å². The molecule has 2 aromatic heterocycles. The minimum atomic E-state index is -3.96. The predicted octanol–water partition coefficient (Wildman–Crippen LogP) is 1.74. The fourth-order valence-electron chi connectivity index (χ4n) is 4.70. The molecule has 0 bridgehead atoms. The molecule has 14 heteroatoms. The number of alkyl halides is 2. The standard InChI is InChI=1S/C20H25F2N7O4S/c1-27-12-15(10-24-27)34(31,32)28-8-6-13(7-9-28)25-19-23-11-16-17(26-19)29(14-4-2-3-5-14)18(30)20(21,22)33-16/h10-14H,2-9H2,1H3,(H,23,25,26). The van der Waals surface area contributed by atoms with Crippen molar-refractivity contribution in [2.24, 2.45) is 7.05 Å². The van der Waals surface area contributed by atoms with Gasteiger partial charge in [0.15, 0.2) is 11.6 Å². The molecule has 2 fully saturated rings. The summed E-state index contributed by atoms with van der Waals surface area (Å²) in [6, 6.07) is -0.482. The molecule has 0 atom stereocenters. The number of hydrogen-bond donors (Lipinski definition) is 1. The second kappa shape index (κ2) is 8.41. The fraction of sp³-hybridized carbons (Fsp3) is 0.600. The van der Waals surface area contributed by atoms with E-state index in [-0.39, 0.29) is 34.5 Å². The molecule has 3 aliphatic rings. The van der Waals surface area contributed by atoms with Crippen molar-refractivity contribution in [2.45, 2.75) is 61.6 Å². The first kappa shape index (κ1) is 22.9. The number of ether oxygens (including phenoxy) is 1. The van der Waals surface area contributed by atoms with E-state index in [1.54, 1.807) is 7.05 Å². The lowest BCUT2D eigenvalue weighted by molar-refractivity contribution is -0.193. The lowest BCUT2D eigenvalue weighted by Crippen LogP contribution is -2.54. The smallest absolute Gasteiger partial charge is 0.420 e. The van der Waals surface area contributed by atoms with Gasteiger partial charge in [0.1, 0.15) is 4.90 Å². The van der Waals surface area contributed by atoms with Crippen molar-refractivity contribution in [1.29, 1.82) is 0 Å². The van der Waals surface area contributed by atoms with Crippen molar-refractivity contribution in [3.05, 3.63) is 18.6 Å². The molecule has 0 spiro atoms. The van der Waals surface area contributed by atoms with E-state index in [0.717, 1.165) is 23.9 Å². The van der Waals surface area contributed by atoms with Gasteiger partial charge in [-0.15, -0.1) is 0 Å². The highest BCUT2D eigenvalue weighted by molar-refractivity contribution is 7.89. The van der Waals surface area contributed by atoms with Gasteiger partial charge in [-0.05, 0) is 25.7 Å². The van der Waals surface area contributed by atoms with E-state index in [4.69, 9.17) is 0 Å². The van der Waals surface area contributed by atoms with Gasteiger partial charge in [0.25, 0.3) is 0 Å². The third-order valence-corrected chi connectivity index (χ3v) is 8.32. The maximum Gasteiger partial charge on any atom is 0.483 e. The van der Waals surface area contributed by atoms with Gasteiger partial charge in [-0.1, -0.05) is 12.8 Å². The number of hydrogen-bond acceptors (Lipinski definition) is 8. The summed E-state index contributed by atoms with van der Waals surface area (Å²) in [6.45, 7) is 0.587. The number of aromatic nitrogens is 4. The second-order valence-corrected chi connectivity index (χ2v) is 10.7. The van der Waals surface area contributed by atoms with Gasteiger partial charge >= 0.3 is 12.0 Å². The minimum Gasteiger partial charge on any atom is -0.420 e. The Labute approximate surface area is 195 Å². The van der Waals surface area contributed by atoms with E-state index < -0.39 is 22.0 Å². The Morgan fingerprint density at radius 3 is 2.50 bits per heavy atom. The van der Waals surface area contributed by atoms with Crippen molar-refractivity contribution in [2.75, 3.05) is 23.3 Å². The number of nitrogens with one attached hydrogen (secondary N) is 1. The lowest BCUT2D eigenvalue weighted by Gasteiger charge is -2.36. The van der Waals surface area contributed by atoms with Crippen LogP contribution in [0.5, 0.6) is 5.75 Å². The van der Waals surface area contributed by atoms with Crippen LogP contribution in [0.3, 0.4) is 0 Å². The normalized spacial score (nSPS) is 22.0. The van der Waals surface area contributed by atoms with Crippen molar-refractivity contribution in [3.8, 4) is 5.75 Å². The third kappa shape index (κ3) is 4.08. The monoisotopic (exact) mass is 497 g/mol. The van der Waals surface area contributed by atoms with E-state index in [0.29, 0.717) is 38.8 Å². The van der Waals surface area contributed by atoms with Crippen molar-refractivity contribution >= 4 is 27.7 Å². The van der Waals surface area contributed by atoms with Crippen LogP contribution in [0, 0.1) is 0 Å². The highest BCUT2D eigenvalue weighted by Gasteiger charge is 2.53. The molecule has 34 heavy (non-hydrogen) atoms. The average Bonchev–Trinajstić information content (AvgIpc) is 3.48. The Morgan fingerprint density at radius 2 is 1.85 bits per heavy atom. The molecule has 184 valence electrons. The van der Waals surface area contributed by atoms with Crippen LogP contribution >= 0.6 is 0 Å². The number of aryl methyl sites for hydroxylation is 1. The Morgan fingerprint density at radius 1 is 1.15 bits per heavy atom. The summed E-state index contributed by atoms with van der Waals surface area (Å²) in [6.07, 6.45) is 3.93. The molecular weight excluding hydrogens is 472 g/mol. The first-order valence-corrected chi connectivity index (χ1v) is 12.6. The lowest BCUT2D eigenvalue weighted by atomic mass is 10.1. The average molecular weight is 498 g/mol. The number of nitrogens with zero attached hydrogens (tertiary/aromatic N) is 6. The zero-order chi connectivity index (χ0) is 24.1. The number of carbonyl (C=O) groups excluding carboxylic acids is 1. The number of sulfonamides is 1. The van der Waals surface area contributed by atoms with E-state index in [1.807, 2.05) is 0 Å². The number of halogens is 2. The largest absolute Gasteiger partial charge is 0.483 e. The third-order valence-electron chi connectivity index (χ3n) is 6.47. The zero-order valence-electron chi connectivity index (χ0n) is 18.5. The van der Waals surface area contributed by atoms with Crippen molar-refractivity contribution < 1.29 is 26.7 Å². The quantitative estimate of drug-likeness (QED) is 0.663. The SMILES string of the molecule is Cn1cc(S(=O)(=O)N2CCC(Nc3ncc4c(n3)N(C3CCCC3)C(=O)C(F)(F)O4)CC2)cn1. The number of rotatable bonds is 5. The molecule has 5 rings (SSSR count). The Hall–Kier alpha value is -2.87. The number of fused-ring (bicyclic) bond motifs is 1. The molecule has 2 aromatic rings. The van der Waals surface area contributed by atoms with Crippen molar-refractivity contribution in [3.63, 3.8) is 0 Å². The van der Waals surface area contributed by atoms with Crippen LogP contribution in [0.15, 0.2) is 23.5 Å². The van der Waals surface area contributed by atoms with Crippen LogP contribution in [0.25, 0.3) is 0 Å². The van der Waals surface area contributed by atoms with E-state index >= 15 is 0 Å². The summed E-state index contributed by atoms with van der Waals surface area (Å²) in [4.78, 5) is 22.1. The maximum absolute atomic E-state index is 14.2. The number of anilines is 2. The van der Waals surface area contributed by atoms with Crippen LogP contribution in [0.1, 0.15) is 38.5 Å². The molecular formula is C20H25F2N7O4S. The topological polar surface area (TPSA) is 123 Å². The molecule has 0 aromatic carbocycles. The molecule has 2 aliphatic heterocycles. The molecule has 1 saturated carbocycles. The van der Waals surface area contributed by atoms with E-state index in [2.05, 4.69) is 25.1 Å². The Kier molecular flexibility index (Phi) is 5.67. The molecule has 1 saturated heterocycles. The molecule has 0 radical (unpaired) electrons. The van der Waals surface area contributed by atoms with Crippen molar-refractivity contribution in [1.82, 2.24) is 24.1 Å². The summed E-state index contributed by atoms with van der Waals surface area (Å²) in [5, 5.41) is 7.08. The highest BCUT2D eigenvalue weighted by atomic mass is 32.2. The minimum absolute atomic E-state index is 0.0388. The molecule has 1 amide bonds. The zero-order valence-corrected chi connectivity index (χ0v) is 19.3. The van der Waals surface area contributed by atoms with Gasteiger partial charge in [-0.3, -0.25) is 14.4 Å². The molecule has 11 nitrogen and oxygen atoms in total. The first-order valence-electron chi connectivity index (χ1n) is 11.2. The van der Waals surface area contributed by atoms with Crippen LogP contribution in [0.4, 0.5) is 20.5 Å². The number of piperidine rings is 1. The number of amides is 1. The van der Waals surface area contributed by atoms with Gasteiger partial charge in [0.2, 0.25) is 16.0 Å². The van der Waals surface area contributed by atoms with Gasteiger partial charge in [-0.25, -0.2) is 13.4 Å². The molecule has 1 N–H and O–H groups in total. The van der Waals surface area contributed by atoms with Gasteiger partial charge in [0, 0.05) is 38.4 Å². The van der Waals surface area contributed by atoms with Crippen LogP contribution in [0.2, 0.25) is 0 Å². The summed E-state index contributed by atoms with van der Waals surface area (Å²) in [7, 11) is -1.97.